The zero-order chi connectivity index (χ0) is 17.8. The highest BCUT2D eigenvalue weighted by Crippen LogP contribution is 2.27. The van der Waals surface area contributed by atoms with E-state index in [4.69, 9.17) is 4.74 Å². The first kappa shape index (κ1) is 17.2. The zero-order valence-electron chi connectivity index (χ0n) is 14.1. The molecule has 1 fully saturated rings. The monoisotopic (exact) mass is 343 g/mol. The number of rotatable bonds is 5. The highest BCUT2D eigenvalue weighted by molar-refractivity contribution is 5.92. The fourth-order valence-electron chi connectivity index (χ4n) is 2.94. The van der Waals surface area contributed by atoms with Crippen molar-refractivity contribution in [3.8, 4) is 17.0 Å². The van der Waals surface area contributed by atoms with E-state index < -0.39 is 5.97 Å². The molecule has 25 heavy (non-hydrogen) atoms. The number of anilines is 1. The van der Waals surface area contributed by atoms with E-state index in [1.165, 1.54) is 0 Å². The van der Waals surface area contributed by atoms with Crippen molar-refractivity contribution < 1.29 is 19.7 Å². The molecular formula is C18H21N3O4. The second kappa shape index (κ2) is 7.48. The number of aliphatic hydroxyl groups is 1. The Hall–Kier alpha value is -2.67. The Bertz CT molecular complexity index is 766. The number of piperidine rings is 1. The Balaban J connectivity index is 1.92. The molecule has 0 saturated carbocycles. The van der Waals surface area contributed by atoms with Crippen molar-refractivity contribution in [3.63, 3.8) is 0 Å². The Morgan fingerprint density at radius 1 is 1.40 bits per heavy atom. The van der Waals surface area contributed by atoms with Crippen LogP contribution in [0.1, 0.15) is 30.1 Å². The van der Waals surface area contributed by atoms with Gasteiger partial charge in [-0.25, -0.2) is 14.8 Å². The summed E-state index contributed by atoms with van der Waals surface area (Å²) < 4.78 is 5.37. The Kier molecular flexibility index (Phi) is 5.14. The van der Waals surface area contributed by atoms with Crippen molar-refractivity contribution in [3.05, 3.63) is 36.0 Å². The lowest BCUT2D eigenvalue weighted by Gasteiger charge is -2.30. The Morgan fingerprint density at radius 3 is 2.96 bits per heavy atom. The normalized spacial score (nSPS) is 17.4. The van der Waals surface area contributed by atoms with E-state index in [9.17, 15) is 15.0 Å². The molecule has 1 unspecified atom stereocenters. The average Bonchev–Trinajstić information content (AvgIpc) is 2.62. The maximum Gasteiger partial charge on any atom is 0.339 e. The van der Waals surface area contributed by atoms with E-state index in [2.05, 4.69) is 9.97 Å². The molecule has 1 aromatic heterocycles. The lowest BCUT2D eigenvalue weighted by Crippen LogP contribution is -2.39. The molecule has 2 N–H and O–H groups in total. The Labute approximate surface area is 145 Å². The summed E-state index contributed by atoms with van der Waals surface area (Å²) in [4.78, 5) is 22.3. The fourth-order valence-corrected chi connectivity index (χ4v) is 2.94. The molecule has 2 heterocycles. The number of carboxylic acid groups (broad SMARTS) is 1. The second-order valence-electron chi connectivity index (χ2n) is 5.93. The molecule has 1 aromatic carbocycles. The van der Waals surface area contributed by atoms with Gasteiger partial charge in [0, 0.05) is 24.8 Å². The Morgan fingerprint density at radius 2 is 2.24 bits per heavy atom. The number of nitrogens with zero attached hydrogens (tertiary/aromatic N) is 3. The van der Waals surface area contributed by atoms with Gasteiger partial charge >= 0.3 is 5.97 Å². The van der Waals surface area contributed by atoms with Crippen LogP contribution in [0.5, 0.6) is 5.75 Å². The van der Waals surface area contributed by atoms with Crippen molar-refractivity contribution >= 4 is 11.9 Å². The summed E-state index contributed by atoms with van der Waals surface area (Å²) in [5.41, 5.74) is 1.42. The fraction of sp³-hybridized carbons (Fsp3) is 0.389. The number of ether oxygens (including phenoxy) is 1. The van der Waals surface area contributed by atoms with Gasteiger partial charge < -0.3 is 19.8 Å². The SMILES string of the molecule is CCOc1ccc(-c2ccnc(N3CCCC(O)C3)n2)cc1C(=O)O. The minimum Gasteiger partial charge on any atom is -0.493 e. The summed E-state index contributed by atoms with van der Waals surface area (Å²) in [5, 5.41) is 19.2. The number of hydrogen-bond donors (Lipinski definition) is 2. The van der Waals surface area contributed by atoms with Gasteiger partial charge in [0.1, 0.15) is 11.3 Å². The number of carbonyl (C=O) groups is 1. The molecule has 1 atom stereocenters. The van der Waals surface area contributed by atoms with Gasteiger partial charge in [0.05, 0.1) is 18.4 Å². The molecule has 0 bridgehead atoms. The number of carboxylic acids is 1. The van der Waals surface area contributed by atoms with Crippen LogP contribution in [0.3, 0.4) is 0 Å². The molecule has 7 nitrogen and oxygen atoms in total. The predicted octanol–water partition coefficient (Wildman–Crippen LogP) is 2.20. The maximum absolute atomic E-state index is 11.5. The molecule has 0 radical (unpaired) electrons. The topological polar surface area (TPSA) is 95.8 Å². The number of benzene rings is 1. The first-order chi connectivity index (χ1) is 12.1. The van der Waals surface area contributed by atoms with Crippen LogP contribution >= 0.6 is 0 Å². The third kappa shape index (κ3) is 3.88. The van der Waals surface area contributed by atoms with Gasteiger partial charge in [0.2, 0.25) is 5.95 Å². The highest BCUT2D eigenvalue weighted by atomic mass is 16.5. The minimum atomic E-state index is -1.04. The summed E-state index contributed by atoms with van der Waals surface area (Å²) in [5.74, 6) is -0.159. The van der Waals surface area contributed by atoms with Crippen molar-refractivity contribution in [2.75, 3.05) is 24.6 Å². The third-order valence-corrected chi connectivity index (χ3v) is 4.13. The predicted molar refractivity (Wildman–Crippen MR) is 93.1 cm³/mol. The molecule has 0 aliphatic carbocycles. The molecular weight excluding hydrogens is 322 g/mol. The first-order valence-corrected chi connectivity index (χ1v) is 8.35. The van der Waals surface area contributed by atoms with Gasteiger partial charge in [-0.15, -0.1) is 0 Å². The van der Waals surface area contributed by atoms with E-state index >= 15 is 0 Å². The molecule has 7 heteroatoms. The number of aromatic nitrogens is 2. The molecule has 2 aromatic rings. The van der Waals surface area contributed by atoms with Crippen LogP contribution in [0.2, 0.25) is 0 Å². The molecule has 0 spiro atoms. The molecule has 3 rings (SSSR count). The van der Waals surface area contributed by atoms with Crippen molar-refractivity contribution in [1.29, 1.82) is 0 Å². The quantitative estimate of drug-likeness (QED) is 0.859. The van der Waals surface area contributed by atoms with Gasteiger partial charge in [0.25, 0.3) is 0 Å². The molecule has 1 aliphatic rings. The van der Waals surface area contributed by atoms with E-state index in [1.54, 1.807) is 30.5 Å². The standard InChI is InChI=1S/C18H21N3O4/c1-2-25-16-6-5-12(10-14(16)17(23)24)15-7-8-19-18(20-15)21-9-3-4-13(22)11-21/h5-8,10,13,22H,2-4,9,11H2,1H3,(H,23,24). The average molecular weight is 343 g/mol. The number of aliphatic hydroxyl groups excluding tert-OH is 1. The number of hydrogen-bond acceptors (Lipinski definition) is 6. The van der Waals surface area contributed by atoms with E-state index in [0.29, 0.717) is 36.1 Å². The maximum atomic E-state index is 11.5. The molecule has 1 aliphatic heterocycles. The van der Waals surface area contributed by atoms with Crippen LogP contribution < -0.4 is 9.64 Å². The summed E-state index contributed by atoms with van der Waals surface area (Å²) >= 11 is 0. The van der Waals surface area contributed by atoms with Gasteiger partial charge in [-0.1, -0.05) is 0 Å². The second-order valence-corrected chi connectivity index (χ2v) is 5.93. The van der Waals surface area contributed by atoms with E-state index in [-0.39, 0.29) is 11.7 Å². The molecule has 0 amide bonds. The van der Waals surface area contributed by atoms with Crippen LogP contribution in [-0.4, -0.2) is 52.0 Å². The largest absolute Gasteiger partial charge is 0.493 e. The summed E-state index contributed by atoms with van der Waals surface area (Å²) in [6.07, 6.45) is 2.96. The zero-order valence-corrected chi connectivity index (χ0v) is 14.1. The van der Waals surface area contributed by atoms with Crippen LogP contribution in [0.15, 0.2) is 30.5 Å². The van der Waals surface area contributed by atoms with Gasteiger partial charge in [-0.05, 0) is 44.0 Å². The number of β-amino-alcohol motifs (C(OH)–C–C–N with tert-alkyl or cyclic N) is 1. The molecule has 132 valence electrons. The van der Waals surface area contributed by atoms with Crippen LogP contribution in [0.4, 0.5) is 5.95 Å². The minimum absolute atomic E-state index is 0.105. The lowest BCUT2D eigenvalue weighted by atomic mass is 10.1. The lowest BCUT2D eigenvalue weighted by molar-refractivity contribution is 0.0692. The highest BCUT2D eigenvalue weighted by Gasteiger charge is 2.20. The number of aromatic carboxylic acids is 1. The van der Waals surface area contributed by atoms with Crippen molar-refractivity contribution in [2.45, 2.75) is 25.9 Å². The van der Waals surface area contributed by atoms with Crippen molar-refractivity contribution in [2.24, 2.45) is 0 Å². The van der Waals surface area contributed by atoms with E-state index in [0.717, 1.165) is 19.4 Å². The van der Waals surface area contributed by atoms with Gasteiger partial charge in [0.15, 0.2) is 0 Å². The summed E-state index contributed by atoms with van der Waals surface area (Å²) in [6, 6.07) is 6.74. The van der Waals surface area contributed by atoms with Crippen LogP contribution in [-0.2, 0) is 0 Å². The van der Waals surface area contributed by atoms with Gasteiger partial charge in [-0.2, -0.15) is 0 Å². The smallest absolute Gasteiger partial charge is 0.339 e. The van der Waals surface area contributed by atoms with Crippen LogP contribution in [0.25, 0.3) is 11.3 Å². The van der Waals surface area contributed by atoms with Crippen molar-refractivity contribution in [1.82, 2.24) is 9.97 Å². The van der Waals surface area contributed by atoms with Crippen LogP contribution in [0, 0.1) is 0 Å². The summed E-state index contributed by atoms with van der Waals surface area (Å²) in [6.45, 7) is 3.51. The first-order valence-electron chi connectivity index (χ1n) is 8.35. The third-order valence-electron chi connectivity index (χ3n) is 4.13. The van der Waals surface area contributed by atoms with Gasteiger partial charge in [-0.3, -0.25) is 0 Å². The summed E-state index contributed by atoms with van der Waals surface area (Å²) in [7, 11) is 0. The molecule has 1 saturated heterocycles. The van der Waals surface area contributed by atoms with E-state index in [1.807, 2.05) is 11.8 Å².